The predicted octanol–water partition coefficient (Wildman–Crippen LogP) is -2.93. The van der Waals surface area contributed by atoms with Crippen molar-refractivity contribution in [2.24, 2.45) is 0 Å². The zero-order valence-corrected chi connectivity index (χ0v) is 11.9. The summed E-state index contributed by atoms with van der Waals surface area (Å²) < 4.78 is 0. The summed E-state index contributed by atoms with van der Waals surface area (Å²) in [4.78, 5) is 0. The van der Waals surface area contributed by atoms with E-state index in [-0.39, 0.29) is 51.0 Å². The second kappa shape index (κ2) is 7.36. The van der Waals surface area contributed by atoms with Crippen LogP contribution in [0, 0.1) is 0 Å². The summed E-state index contributed by atoms with van der Waals surface area (Å²) in [6.45, 7) is 8.85. The van der Waals surface area contributed by atoms with E-state index in [1.165, 1.54) is 17.6 Å². The summed E-state index contributed by atoms with van der Waals surface area (Å²) in [5, 5.41) is 0. The summed E-state index contributed by atoms with van der Waals surface area (Å²) in [5.74, 6) is 0. The summed E-state index contributed by atoms with van der Waals surface area (Å²) >= 11 is 0. The van der Waals surface area contributed by atoms with E-state index in [2.05, 4.69) is 27.7 Å². The molecule has 0 fully saturated rings. The molecule has 0 atom stereocenters. The largest absolute Gasteiger partial charge is 2.00 e. The minimum atomic E-state index is 0. The summed E-state index contributed by atoms with van der Waals surface area (Å²) in [7, 11) is 0. The Kier molecular flexibility index (Phi) is 11.4. The van der Waals surface area contributed by atoms with Crippen molar-refractivity contribution in [3.63, 3.8) is 0 Å². The van der Waals surface area contributed by atoms with Crippen LogP contribution in [0.2, 0.25) is 0 Å². The molecule has 12 heavy (non-hydrogen) atoms. The van der Waals surface area contributed by atoms with E-state index in [1.807, 2.05) is 0 Å². The van der Waals surface area contributed by atoms with E-state index < -0.39 is 0 Å². The van der Waals surface area contributed by atoms with Gasteiger partial charge in [-0.05, 0) is 45.3 Å². The van der Waals surface area contributed by atoms with E-state index in [0.717, 1.165) is 0 Å². The van der Waals surface area contributed by atoms with Crippen molar-refractivity contribution in [3.05, 3.63) is 22.3 Å². The Balaban J connectivity index is -0.000000270. The van der Waals surface area contributed by atoms with Gasteiger partial charge in [0.05, 0.1) is 0 Å². The first-order valence-electron chi connectivity index (χ1n) is 3.46. The fourth-order valence-corrected chi connectivity index (χ4v) is 1.30. The van der Waals surface area contributed by atoms with Crippen LogP contribution in [0.5, 0.6) is 0 Å². The molecule has 0 aromatic heterocycles. The Morgan fingerprint density at radius 2 is 1.00 bits per heavy atom. The van der Waals surface area contributed by atoms with Gasteiger partial charge in [-0.2, -0.15) is 0 Å². The summed E-state index contributed by atoms with van der Waals surface area (Å²) in [6, 6.07) is 0. The number of allylic oxidation sites excluding steroid dienone is 4. The third kappa shape index (κ3) is 3.77. The standard InChI is InChI=1S/C9H14.2ClH.Zr/c1-6-5-7(2)9(4)8(6)3;;;/h5H2,1-4H3;2*1H;/q;;;+2/p-2. The molecule has 0 spiro atoms. The molecule has 0 heterocycles. The van der Waals surface area contributed by atoms with Gasteiger partial charge in [-0.3, -0.25) is 0 Å². The van der Waals surface area contributed by atoms with Gasteiger partial charge < -0.3 is 24.8 Å². The molecule has 0 aromatic rings. The third-order valence-corrected chi connectivity index (χ3v) is 2.37. The summed E-state index contributed by atoms with van der Waals surface area (Å²) in [6.07, 6.45) is 1.21. The van der Waals surface area contributed by atoms with Crippen LogP contribution < -0.4 is 24.8 Å². The van der Waals surface area contributed by atoms with Gasteiger partial charge in [-0.15, -0.1) is 0 Å². The Morgan fingerprint density at radius 3 is 1.08 bits per heavy atom. The topological polar surface area (TPSA) is 0 Å². The molecular formula is C9H14Cl2Zr. The maximum absolute atomic E-state index is 2.22. The quantitative estimate of drug-likeness (QED) is 0.447. The molecule has 0 aliphatic heterocycles. The predicted molar refractivity (Wildman–Crippen MR) is 41.4 cm³/mol. The van der Waals surface area contributed by atoms with Crippen LogP contribution in [0.4, 0.5) is 0 Å². The molecule has 68 valence electrons. The first kappa shape index (κ1) is 18.7. The van der Waals surface area contributed by atoms with E-state index in [4.69, 9.17) is 0 Å². The van der Waals surface area contributed by atoms with Gasteiger partial charge in [0, 0.05) is 0 Å². The number of rotatable bonds is 0. The molecule has 0 aromatic carbocycles. The SMILES string of the molecule is CC1=C(C)C(C)=C(C)C1.[Cl-].[Cl-].[Zr+2]. The van der Waals surface area contributed by atoms with E-state index in [9.17, 15) is 0 Å². The van der Waals surface area contributed by atoms with Crippen LogP contribution in [-0.4, -0.2) is 0 Å². The van der Waals surface area contributed by atoms with Gasteiger partial charge in [0.2, 0.25) is 0 Å². The number of hydrogen-bond donors (Lipinski definition) is 0. The van der Waals surface area contributed by atoms with Crippen LogP contribution in [0.15, 0.2) is 22.3 Å². The maximum Gasteiger partial charge on any atom is 2.00 e. The van der Waals surface area contributed by atoms with E-state index in [0.29, 0.717) is 0 Å². The van der Waals surface area contributed by atoms with Gasteiger partial charge >= 0.3 is 26.2 Å². The van der Waals surface area contributed by atoms with Gasteiger partial charge in [0.15, 0.2) is 0 Å². The first-order chi connectivity index (χ1) is 4.13. The average molecular weight is 284 g/mol. The zero-order chi connectivity index (χ0) is 7.02. The monoisotopic (exact) mass is 282 g/mol. The number of hydrogen-bond acceptors (Lipinski definition) is 0. The minimum Gasteiger partial charge on any atom is -1.00 e. The van der Waals surface area contributed by atoms with Crippen molar-refractivity contribution in [2.45, 2.75) is 34.1 Å². The molecule has 0 N–H and O–H groups in total. The first-order valence-corrected chi connectivity index (χ1v) is 3.46. The molecular weight excluding hydrogens is 270 g/mol. The van der Waals surface area contributed by atoms with Crippen LogP contribution >= 0.6 is 0 Å². The molecule has 0 unspecified atom stereocenters. The van der Waals surface area contributed by atoms with Crippen molar-refractivity contribution >= 4 is 0 Å². The maximum atomic E-state index is 2.22. The molecule has 0 saturated carbocycles. The second-order valence-electron chi connectivity index (χ2n) is 2.99. The van der Waals surface area contributed by atoms with Crippen LogP contribution in [-0.2, 0) is 26.2 Å². The van der Waals surface area contributed by atoms with Gasteiger partial charge in [-0.1, -0.05) is 11.1 Å². The van der Waals surface area contributed by atoms with Gasteiger partial charge in [-0.25, -0.2) is 0 Å². The van der Waals surface area contributed by atoms with Crippen molar-refractivity contribution in [1.82, 2.24) is 0 Å². The summed E-state index contributed by atoms with van der Waals surface area (Å²) in [5.41, 5.74) is 6.11. The van der Waals surface area contributed by atoms with Crippen LogP contribution in [0.25, 0.3) is 0 Å². The van der Waals surface area contributed by atoms with Crippen LogP contribution in [0.3, 0.4) is 0 Å². The van der Waals surface area contributed by atoms with Crippen molar-refractivity contribution in [2.75, 3.05) is 0 Å². The van der Waals surface area contributed by atoms with Crippen molar-refractivity contribution < 1.29 is 51.0 Å². The van der Waals surface area contributed by atoms with E-state index in [1.54, 1.807) is 11.1 Å². The zero-order valence-electron chi connectivity index (χ0n) is 7.96. The van der Waals surface area contributed by atoms with Gasteiger partial charge in [0.1, 0.15) is 0 Å². The molecule has 0 nitrogen and oxygen atoms in total. The third-order valence-electron chi connectivity index (χ3n) is 2.37. The molecule has 1 aliphatic rings. The smallest absolute Gasteiger partial charge is 1.00 e. The Labute approximate surface area is 107 Å². The second-order valence-corrected chi connectivity index (χ2v) is 2.99. The van der Waals surface area contributed by atoms with Crippen molar-refractivity contribution in [1.29, 1.82) is 0 Å². The molecule has 1 aliphatic carbocycles. The fraction of sp³-hybridized carbons (Fsp3) is 0.556. The molecule has 0 amide bonds. The number of halogens is 2. The van der Waals surface area contributed by atoms with E-state index >= 15 is 0 Å². The fourth-order valence-electron chi connectivity index (χ4n) is 1.30. The molecule has 0 radical (unpaired) electrons. The Morgan fingerprint density at radius 1 is 0.750 bits per heavy atom. The Bertz CT molecular complexity index is 183. The van der Waals surface area contributed by atoms with Gasteiger partial charge in [0.25, 0.3) is 0 Å². The molecule has 0 saturated heterocycles. The molecule has 0 bridgehead atoms. The van der Waals surface area contributed by atoms with Crippen molar-refractivity contribution in [3.8, 4) is 0 Å². The normalized spacial score (nSPS) is 15.0. The Hall–Kier alpha value is 0.943. The minimum absolute atomic E-state index is 0. The average Bonchev–Trinajstić information content (AvgIpc) is 1.98. The molecule has 3 heteroatoms. The van der Waals surface area contributed by atoms with Crippen LogP contribution in [0.1, 0.15) is 34.1 Å². The molecule has 1 rings (SSSR count).